The van der Waals surface area contributed by atoms with Crippen LogP contribution in [0, 0.1) is 0 Å². The van der Waals surface area contributed by atoms with Crippen LogP contribution in [0.4, 0.5) is 0 Å². The molecule has 146 valence electrons. The standard InChI is InChI=1S/C22H26N4O2/c1-2-3-4-6-16-9-11-17(12-10-16)13-14-18-7-5-8-19-21(18)28-20(15-27-19)22-23-25-26-24-22/h5,7-12,20H,2-4,6,13-15H2,1H3,(H,23,24,25,26). The zero-order valence-corrected chi connectivity index (χ0v) is 16.2. The Bertz CT molecular complexity index is 878. The number of rotatable bonds is 8. The number of ether oxygens (including phenoxy) is 2. The highest BCUT2D eigenvalue weighted by Gasteiger charge is 2.27. The van der Waals surface area contributed by atoms with Crippen LogP contribution < -0.4 is 9.47 Å². The molecule has 2 heterocycles. The monoisotopic (exact) mass is 378 g/mol. The summed E-state index contributed by atoms with van der Waals surface area (Å²) in [6.07, 6.45) is 6.51. The second kappa shape index (κ2) is 8.87. The third-order valence-electron chi connectivity index (χ3n) is 5.14. The summed E-state index contributed by atoms with van der Waals surface area (Å²) in [6, 6.07) is 15.1. The Morgan fingerprint density at radius 1 is 1.00 bits per heavy atom. The minimum atomic E-state index is -0.338. The number of hydrogen-bond acceptors (Lipinski definition) is 5. The van der Waals surface area contributed by atoms with E-state index >= 15 is 0 Å². The van der Waals surface area contributed by atoms with Gasteiger partial charge >= 0.3 is 0 Å². The maximum absolute atomic E-state index is 6.16. The van der Waals surface area contributed by atoms with Crippen LogP contribution in [0.2, 0.25) is 0 Å². The number of tetrazole rings is 1. The summed E-state index contributed by atoms with van der Waals surface area (Å²) in [7, 11) is 0. The van der Waals surface area contributed by atoms with Gasteiger partial charge in [0.05, 0.1) is 0 Å². The van der Waals surface area contributed by atoms with Crippen molar-refractivity contribution in [3.8, 4) is 11.5 Å². The Balaban J connectivity index is 1.40. The lowest BCUT2D eigenvalue weighted by atomic mass is 10.0. The van der Waals surface area contributed by atoms with Gasteiger partial charge in [0.1, 0.15) is 6.61 Å². The summed E-state index contributed by atoms with van der Waals surface area (Å²) in [5.41, 5.74) is 3.90. The van der Waals surface area contributed by atoms with Crippen LogP contribution in [0.5, 0.6) is 11.5 Å². The van der Waals surface area contributed by atoms with Gasteiger partial charge in [-0.3, -0.25) is 0 Å². The number of benzene rings is 2. The van der Waals surface area contributed by atoms with E-state index in [-0.39, 0.29) is 6.10 Å². The molecule has 0 saturated carbocycles. The van der Waals surface area contributed by atoms with E-state index in [1.165, 1.54) is 36.8 Å². The van der Waals surface area contributed by atoms with E-state index in [4.69, 9.17) is 9.47 Å². The third-order valence-corrected chi connectivity index (χ3v) is 5.14. The van der Waals surface area contributed by atoms with Crippen LogP contribution in [0.15, 0.2) is 42.5 Å². The number of aromatic amines is 1. The van der Waals surface area contributed by atoms with Gasteiger partial charge in [0.25, 0.3) is 0 Å². The number of nitrogens with one attached hydrogen (secondary N) is 1. The molecule has 1 atom stereocenters. The molecule has 1 aliphatic rings. The maximum atomic E-state index is 6.16. The minimum Gasteiger partial charge on any atom is -0.485 e. The summed E-state index contributed by atoms with van der Waals surface area (Å²) in [5.74, 6) is 2.09. The van der Waals surface area contributed by atoms with Gasteiger partial charge in [-0.05, 0) is 48.4 Å². The molecule has 1 unspecified atom stereocenters. The Hall–Kier alpha value is -2.89. The number of nitrogens with zero attached hydrogens (tertiary/aromatic N) is 3. The van der Waals surface area contributed by atoms with E-state index in [1.54, 1.807) is 0 Å². The lowest BCUT2D eigenvalue weighted by molar-refractivity contribution is 0.0838. The van der Waals surface area contributed by atoms with E-state index in [0.717, 1.165) is 29.9 Å². The summed E-state index contributed by atoms with van der Waals surface area (Å²) in [6.45, 7) is 2.63. The molecule has 0 bridgehead atoms. The summed E-state index contributed by atoms with van der Waals surface area (Å²) < 4.78 is 12.0. The molecule has 6 heteroatoms. The first-order valence-electron chi connectivity index (χ1n) is 10.1. The van der Waals surface area contributed by atoms with Crippen LogP contribution in [-0.2, 0) is 19.3 Å². The van der Waals surface area contributed by atoms with Gasteiger partial charge < -0.3 is 9.47 Å². The number of hydrogen-bond donors (Lipinski definition) is 1. The van der Waals surface area contributed by atoms with Crippen LogP contribution in [0.3, 0.4) is 0 Å². The topological polar surface area (TPSA) is 72.9 Å². The summed E-state index contributed by atoms with van der Waals surface area (Å²) in [5, 5.41) is 14.1. The number of aryl methyl sites for hydroxylation is 3. The van der Waals surface area contributed by atoms with Crippen molar-refractivity contribution in [1.29, 1.82) is 0 Å². The highest BCUT2D eigenvalue weighted by molar-refractivity contribution is 5.48. The van der Waals surface area contributed by atoms with Crippen molar-refractivity contribution in [3.63, 3.8) is 0 Å². The van der Waals surface area contributed by atoms with E-state index < -0.39 is 0 Å². The number of para-hydroxylation sites is 1. The van der Waals surface area contributed by atoms with Crippen molar-refractivity contribution >= 4 is 0 Å². The lowest BCUT2D eigenvalue weighted by Gasteiger charge is -2.26. The molecule has 6 nitrogen and oxygen atoms in total. The zero-order valence-electron chi connectivity index (χ0n) is 16.2. The van der Waals surface area contributed by atoms with Crippen molar-refractivity contribution in [2.45, 2.75) is 51.6 Å². The number of aromatic nitrogens is 4. The highest BCUT2D eigenvalue weighted by atomic mass is 16.6. The quantitative estimate of drug-likeness (QED) is 0.594. The van der Waals surface area contributed by atoms with Gasteiger partial charge in [-0.2, -0.15) is 5.21 Å². The van der Waals surface area contributed by atoms with Gasteiger partial charge in [-0.15, -0.1) is 10.2 Å². The van der Waals surface area contributed by atoms with Gasteiger partial charge in [0.2, 0.25) is 5.82 Å². The van der Waals surface area contributed by atoms with Gasteiger partial charge in [-0.1, -0.05) is 61.4 Å². The predicted molar refractivity (Wildman–Crippen MR) is 107 cm³/mol. The third kappa shape index (κ3) is 4.32. The van der Waals surface area contributed by atoms with Crippen molar-refractivity contribution in [2.75, 3.05) is 6.61 Å². The normalized spacial score (nSPS) is 15.5. The first-order chi connectivity index (χ1) is 13.8. The van der Waals surface area contributed by atoms with Gasteiger partial charge in [0, 0.05) is 0 Å². The second-order valence-electron chi connectivity index (χ2n) is 7.21. The first kappa shape index (κ1) is 18.5. The van der Waals surface area contributed by atoms with Crippen molar-refractivity contribution in [3.05, 3.63) is 65.0 Å². The molecule has 0 saturated heterocycles. The first-order valence-corrected chi connectivity index (χ1v) is 10.1. The molecule has 4 rings (SSSR count). The van der Waals surface area contributed by atoms with Crippen LogP contribution in [0.25, 0.3) is 0 Å². The van der Waals surface area contributed by atoms with Gasteiger partial charge in [0.15, 0.2) is 17.6 Å². The predicted octanol–water partition coefficient (Wildman–Crippen LogP) is 4.23. The Morgan fingerprint density at radius 3 is 2.57 bits per heavy atom. The molecule has 0 amide bonds. The maximum Gasteiger partial charge on any atom is 0.218 e. The summed E-state index contributed by atoms with van der Waals surface area (Å²) >= 11 is 0. The van der Waals surface area contributed by atoms with Crippen molar-refractivity contribution < 1.29 is 9.47 Å². The van der Waals surface area contributed by atoms with Crippen LogP contribution in [-0.4, -0.2) is 27.2 Å². The van der Waals surface area contributed by atoms with E-state index in [9.17, 15) is 0 Å². The number of fused-ring (bicyclic) bond motifs is 1. The van der Waals surface area contributed by atoms with Crippen molar-refractivity contribution in [2.24, 2.45) is 0 Å². The number of H-pyrrole nitrogens is 1. The molecule has 3 aromatic rings. The molecule has 2 aromatic carbocycles. The van der Waals surface area contributed by atoms with E-state index in [0.29, 0.717) is 12.4 Å². The average Bonchev–Trinajstić information content (AvgIpc) is 3.28. The number of unbranched alkanes of at least 4 members (excludes halogenated alkanes) is 2. The summed E-state index contributed by atoms with van der Waals surface area (Å²) in [4.78, 5) is 0. The van der Waals surface area contributed by atoms with Crippen molar-refractivity contribution in [1.82, 2.24) is 20.6 Å². The molecule has 0 fully saturated rings. The SMILES string of the molecule is CCCCCc1ccc(CCc2cccc3c2OC(c2nn[nH]n2)CO3)cc1. The molecule has 0 aliphatic carbocycles. The zero-order chi connectivity index (χ0) is 19.2. The lowest BCUT2D eigenvalue weighted by Crippen LogP contribution is -2.23. The van der Waals surface area contributed by atoms with Gasteiger partial charge in [-0.25, -0.2) is 0 Å². The molecular weight excluding hydrogens is 352 g/mol. The fraction of sp³-hybridized carbons (Fsp3) is 0.409. The molecule has 0 spiro atoms. The fourth-order valence-electron chi connectivity index (χ4n) is 3.51. The molecule has 1 N–H and O–H groups in total. The average molecular weight is 378 g/mol. The molecule has 28 heavy (non-hydrogen) atoms. The molecule has 1 aromatic heterocycles. The highest BCUT2D eigenvalue weighted by Crippen LogP contribution is 2.38. The van der Waals surface area contributed by atoms with E-state index in [2.05, 4.69) is 57.9 Å². The minimum absolute atomic E-state index is 0.338. The fourth-order valence-corrected chi connectivity index (χ4v) is 3.51. The van der Waals surface area contributed by atoms with Crippen LogP contribution >= 0.6 is 0 Å². The molecule has 1 aliphatic heterocycles. The Kier molecular flexibility index (Phi) is 5.85. The Morgan fingerprint density at radius 2 is 1.82 bits per heavy atom. The van der Waals surface area contributed by atoms with Crippen LogP contribution in [0.1, 0.15) is 54.8 Å². The molecular formula is C22H26N4O2. The van der Waals surface area contributed by atoms with E-state index in [1.807, 2.05) is 12.1 Å². The Labute approximate surface area is 165 Å². The second-order valence-corrected chi connectivity index (χ2v) is 7.21. The molecule has 0 radical (unpaired) electrons. The smallest absolute Gasteiger partial charge is 0.218 e. The largest absolute Gasteiger partial charge is 0.485 e.